The van der Waals surface area contributed by atoms with Gasteiger partial charge in [-0.2, -0.15) is 11.8 Å². The highest BCUT2D eigenvalue weighted by Crippen LogP contribution is 2.20. The lowest BCUT2D eigenvalue weighted by Gasteiger charge is -2.31. The quantitative estimate of drug-likeness (QED) is 0.708. The summed E-state index contributed by atoms with van der Waals surface area (Å²) in [7, 11) is -0.663. The van der Waals surface area contributed by atoms with E-state index in [0.717, 1.165) is 70.0 Å². The van der Waals surface area contributed by atoms with E-state index in [4.69, 9.17) is 18.0 Å². The molecule has 7 heteroatoms. The fourth-order valence-corrected chi connectivity index (χ4v) is 5.50. The summed E-state index contributed by atoms with van der Waals surface area (Å²) in [4.78, 5) is 2.44. The average Bonchev–Trinajstić information content (AvgIpc) is 2.43. The maximum absolute atomic E-state index is 5.94. The number of rotatable bonds is 5. The lowest BCUT2D eigenvalue weighted by Crippen LogP contribution is -2.47. The first-order valence-electron chi connectivity index (χ1n) is 7.05. The van der Waals surface area contributed by atoms with Gasteiger partial charge < -0.3 is 18.0 Å². The summed E-state index contributed by atoms with van der Waals surface area (Å²) in [5.74, 6) is 2.09. The van der Waals surface area contributed by atoms with Gasteiger partial charge in [-0.05, 0) is 13.0 Å². The monoisotopic (exact) mass is 307 g/mol. The molecule has 2 saturated heterocycles. The van der Waals surface area contributed by atoms with Gasteiger partial charge in [-0.15, -0.1) is 0 Å². The van der Waals surface area contributed by atoms with E-state index in [2.05, 4.69) is 4.90 Å². The zero-order valence-electron chi connectivity index (χ0n) is 11.8. The number of hydrogen-bond donors (Lipinski definition) is 0. The minimum Gasteiger partial charge on any atom is -0.379 e. The van der Waals surface area contributed by atoms with Crippen LogP contribution in [0.25, 0.3) is 0 Å². The summed E-state index contributed by atoms with van der Waals surface area (Å²) in [6.07, 6.45) is 1.08. The first kappa shape index (κ1) is 15.8. The van der Waals surface area contributed by atoms with Crippen molar-refractivity contribution < 1.29 is 18.0 Å². The Labute approximate surface area is 121 Å². The predicted molar refractivity (Wildman–Crippen MR) is 78.7 cm³/mol. The van der Waals surface area contributed by atoms with E-state index in [0.29, 0.717) is 0 Å². The number of thioether (sulfide) groups is 1. The molecule has 0 N–H and O–H groups in total. The fourth-order valence-electron chi connectivity index (χ4n) is 2.36. The van der Waals surface area contributed by atoms with Crippen LogP contribution in [0, 0.1) is 0 Å². The Balaban J connectivity index is 1.73. The lowest BCUT2D eigenvalue weighted by atomic mass is 10.3. The van der Waals surface area contributed by atoms with Crippen molar-refractivity contribution in [1.29, 1.82) is 0 Å². The Morgan fingerprint density at radius 1 is 1.11 bits per heavy atom. The van der Waals surface area contributed by atoms with E-state index in [9.17, 15) is 0 Å². The summed E-state index contributed by atoms with van der Waals surface area (Å²) in [6.45, 7) is 6.39. The van der Waals surface area contributed by atoms with Gasteiger partial charge in [0.15, 0.2) is 0 Å². The Morgan fingerprint density at radius 3 is 2.42 bits per heavy atom. The average molecular weight is 307 g/mol. The van der Waals surface area contributed by atoms with Crippen LogP contribution in [0.5, 0.6) is 0 Å². The van der Waals surface area contributed by atoms with Crippen LogP contribution in [0.3, 0.4) is 0 Å². The van der Waals surface area contributed by atoms with E-state index in [1.54, 1.807) is 7.11 Å². The Kier molecular flexibility index (Phi) is 7.14. The van der Waals surface area contributed by atoms with E-state index >= 15 is 0 Å². The molecule has 0 bridgehead atoms. The van der Waals surface area contributed by atoms with Crippen LogP contribution in [0.1, 0.15) is 6.42 Å². The SMILES string of the molecule is CO[Si]1(CCCN2CCOCC2)OCCSCCO1. The van der Waals surface area contributed by atoms with E-state index in [1.807, 2.05) is 11.8 Å². The van der Waals surface area contributed by atoms with Crippen LogP contribution in [-0.2, 0) is 18.0 Å². The molecule has 112 valence electrons. The third kappa shape index (κ3) is 5.34. The van der Waals surface area contributed by atoms with Gasteiger partial charge in [0.1, 0.15) is 0 Å². The number of hydrogen-bond acceptors (Lipinski definition) is 6. The van der Waals surface area contributed by atoms with Crippen molar-refractivity contribution in [3.63, 3.8) is 0 Å². The highest BCUT2D eigenvalue weighted by molar-refractivity contribution is 7.99. The minimum atomic E-state index is -2.39. The summed E-state index contributed by atoms with van der Waals surface area (Å²) >= 11 is 1.88. The molecule has 0 saturated carbocycles. The van der Waals surface area contributed by atoms with Gasteiger partial charge in [0.25, 0.3) is 0 Å². The topological polar surface area (TPSA) is 40.2 Å². The van der Waals surface area contributed by atoms with Crippen LogP contribution in [0.4, 0.5) is 0 Å². The maximum atomic E-state index is 5.94. The smallest absolute Gasteiger partial charge is 0.379 e. The van der Waals surface area contributed by atoms with E-state index < -0.39 is 8.80 Å². The first-order chi connectivity index (χ1) is 9.35. The molecular formula is C12H25NO4SSi. The number of ether oxygens (including phenoxy) is 1. The van der Waals surface area contributed by atoms with Gasteiger partial charge in [0.2, 0.25) is 0 Å². The highest BCUT2D eigenvalue weighted by Gasteiger charge is 2.40. The molecule has 2 rings (SSSR count). The van der Waals surface area contributed by atoms with E-state index in [-0.39, 0.29) is 0 Å². The van der Waals surface area contributed by atoms with Crippen molar-refractivity contribution in [2.45, 2.75) is 12.5 Å². The lowest BCUT2D eigenvalue weighted by molar-refractivity contribution is 0.0364. The Morgan fingerprint density at radius 2 is 1.79 bits per heavy atom. The number of morpholine rings is 1. The molecule has 19 heavy (non-hydrogen) atoms. The highest BCUT2D eigenvalue weighted by atomic mass is 32.2. The van der Waals surface area contributed by atoms with Crippen LogP contribution < -0.4 is 0 Å². The standard InChI is InChI=1S/C12H25NO4SSi/c1-14-19(16-8-10-18-11-9-17-19)12-2-3-13-4-6-15-7-5-13/h2-12H2,1H3. The maximum Gasteiger partial charge on any atom is 0.500 e. The summed E-state index contributed by atoms with van der Waals surface area (Å²) in [5, 5.41) is 0. The Hall–Kier alpha value is 0.367. The molecule has 0 aromatic heterocycles. The second kappa shape index (κ2) is 8.61. The van der Waals surface area contributed by atoms with Crippen LogP contribution in [0.2, 0.25) is 6.04 Å². The second-order valence-corrected chi connectivity index (χ2v) is 8.83. The van der Waals surface area contributed by atoms with Crippen LogP contribution in [-0.4, -0.2) is 78.4 Å². The van der Waals surface area contributed by atoms with Crippen molar-refractivity contribution in [1.82, 2.24) is 4.90 Å². The summed E-state index contributed by atoms with van der Waals surface area (Å²) < 4.78 is 22.9. The van der Waals surface area contributed by atoms with Crippen molar-refractivity contribution in [2.24, 2.45) is 0 Å². The van der Waals surface area contributed by atoms with Crippen LogP contribution >= 0.6 is 11.8 Å². The first-order valence-corrected chi connectivity index (χ1v) is 10.1. The molecule has 0 atom stereocenters. The molecule has 0 amide bonds. The fraction of sp³-hybridized carbons (Fsp3) is 1.00. The Bertz CT molecular complexity index is 246. The van der Waals surface area contributed by atoms with E-state index in [1.165, 1.54) is 0 Å². The molecule has 0 aliphatic carbocycles. The van der Waals surface area contributed by atoms with Crippen molar-refractivity contribution >= 4 is 20.6 Å². The number of nitrogens with zero attached hydrogens (tertiary/aromatic N) is 1. The molecule has 0 unspecified atom stereocenters. The minimum absolute atomic E-state index is 0.752. The van der Waals surface area contributed by atoms with Gasteiger partial charge in [0.05, 0.1) is 13.2 Å². The molecule has 2 aliphatic heterocycles. The van der Waals surface area contributed by atoms with Crippen molar-refractivity contribution in [2.75, 3.05) is 64.7 Å². The third-order valence-electron chi connectivity index (χ3n) is 3.47. The molecule has 5 nitrogen and oxygen atoms in total. The predicted octanol–water partition coefficient (Wildman–Crippen LogP) is 1.07. The largest absolute Gasteiger partial charge is 0.500 e. The molecular weight excluding hydrogens is 282 g/mol. The van der Waals surface area contributed by atoms with Gasteiger partial charge in [-0.25, -0.2) is 0 Å². The zero-order chi connectivity index (χ0) is 13.4. The van der Waals surface area contributed by atoms with Crippen LogP contribution in [0.15, 0.2) is 0 Å². The van der Waals surface area contributed by atoms with Gasteiger partial charge >= 0.3 is 8.80 Å². The molecule has 2 aliphatic rings. The molecule has 0 aromatic carbocycles. The summed E-state index contributed by atoms with van der Waals surface area (Å²) in [6, 6.07) is 0.922. The van der Waals surface area contributed by atoms with Gasteiger partial charge in [0, 0.05) is 51.0 Å². The third-order valence-corrected chi connectivity index (χ3v) is 7.26. The summed E-state index contributed by atoms with van der Waals surface area (Å²) in [5.41, 5.74) is 0. The molecule has 2 fully saturated rings. The van der Waals surface area contributed by atoms with Crippen molar-refractivity contribution in [3.05, 3.63) is 0 Å². The van der Waals surface area contributed by atoms with Crippen molar-refractivity contribution in [3.8, 4) is 0 Å². The van der Waals surface area contributed by atoms with Gasteiger partial charge in [-0.1, -0.05) is 0 Å². The molecule has 0 spiro atoms. The van der Waals surface area contributed by atoms with Gasteiger partial charge in [-0.3, -0.25) is 4.90 Å². The second-order valence-electron chi connectivity index (χ2n) is 4.75. The molecule has 0 radical (unpaired) electrons. The zero-order valence-corrected chi connectivity index (χ0v) is 13.6. The normalized spacial score (nSPS) is 25.7. The molecule has 2 heterocycles. The molecule has 0 aromatic rings.